The van der Waals surface area contributed by atoms with Gasteiger partial charge < -0.3 is 14.8 Å². The fourth-order valence-electron chi connectivity index (χ4n) is 3.83. The van der Waals surface area contributed by atoms with Crippen molar-refractivity contribution in [2.45, 2.75) is 32.3 Å². The number of aliphatic carboxylic acids is 1. The van der Waals surface area contributed by atoms with E-state index in [1.807, 2.05) is 0 Å². The second-order valence-electron chi connectivity index (χ2n) is 8.07. The summed E-state index contributed by atoms with van der Waals surface area (Å²) in [5.41, 5.74) is -1.00. The van der Waals surface area contributed by atoms with E-state index in [0.717, 1.165) is 30.3 Å². The summed E-state index contributed by atoms with van der Waals surface area (Å²) in [5, 5.41) is 9.63. The van der Waals surface area contributed by atoms with Crippen LogP contribution in [-0.2, 0) is 30.2 Å². The van der Waals surface area contributed by atoms with Crippen LogP contribution >= 0.6 is 0 Å². The zero-order chi connectivity index (χ0) is 26.3. The van der Waals surface area contributed by atoms with Crippen LogP contribution < -0.4 is 4.74 Å². The van der Waals surface area contributed by atoms with E-state index in [-0.39, 0.29) is 34.7 Å². The summed E-state index contributed by atoms with van der Waals surface area (Å²) >= 11 is 0. The number of carbonyl (C=O) groups is 1. The molecule has 0 aliphatic carbocycles. The van der Waals surface area contributed by atoms with Crippen LogP contribution in [0, 0.1) is 6.92 Å². The van der Waals surface area contributed by atoms with Gasteiger partial charge in [-0.3, -0.25) is 9.78 Å². The average Bonchev–Trinajstić information content (AvgIpc) is 3.18. The minimum Gasteiger partial charge on any atom is -0.489 e. The Morgan fingerprint density at radius 2 is 1.69 bits per heavy atom. The number of nitrogens with zero attached hydrogens (tertiary/aromatic N) is 1. The molecule has 2 aromatic carbocycles. The maximum atomic E-state index is 13.9. The Kier molecular flexibility index (Phi) is 6.42. The van der Waals surface area contributed by atoms with E-state index in [2.05, 4.69) is 9.97 Å². The van der Waals surface area contributed by atoms with Crippen molar-refractivity contribution in [2.75, 3.05) is 0 Å². The molecule has 0 bridgehead atoms. The van der Waals surface area contributed by atoms with Gasteiger partial charge in [-0.1, -0.05) is 12.1 Å². The number of benzene rings is 2. The molecule has 11 heteroatoms. The van der Waals surface area contributed by atoms with Crippen LogP contribution in [0.4, 0.5) is 26.3 Å². The number of fused-ring (bicyclic) bond motifs is 1. The van der Waals surface area contributed by atoms with E-state index in [9.17, 15) is 31.1 Å². The molecule has 0 aliphatic rings. The molecule has 188 valence electrons. The molecule has 4 aromatic rings. The molecule has 0 atom stereocenters. The Bertz CT molecular complexity index is 1420. The Balaban J connectivity index is 1.62. The fourth-order valence-corrected chi connectivity index (χ4v) is 3.83. The Hall–Kier alpha value is -4.02. The quantitative estimate of drug-likeness (QED) is 0.282. The van der Waals surface area contributed by atoms with Crippen molar-refractivity contribution in [3.63, 3.8) is 0 Å². The molecule has 4 rings (SSSR count). The lowest BCUT2D eigenvalue weighted by Crippen LogP contribution is -2.14. The second kappa shape index (κ2) is 9.21. The van der Waals surface area contributed by atoms with Crippen LogP contribution in [-0.4, -0.2) is 21.0 Å². The molecule has 0 saturated carbocycles. The number of carboxylic acids is 1. The number of alkyl halides is 6. The van der Waals surface area contributed by atoms with Crippen molar-refractivity contribution in [3.8, 4) is 17.0 Å². The summed E-state index contributed by atoms with van der Waals surface area (Å²) in [6.07, 6.45) is -7.98. The van der Waals surface area contributed by atoms with Crippen molar-refractivity contribution in [3.05, 3.63) is 82.7 Å². The maximum absolute atomic E-state index is 13.9. The van der Waals surface area contributed by atoms with E-state index in [1.54, 1.807) is 18.3 Å². The monoisotopic (exact) mass is 508 g/mol. The first-order valence-electron chi connectivity index (χ1n) is 10.5. The molecule has 0 spiro atoms. The van der Waals surface area contributed by atoms with E-state index in [1.165, 1.54) is 13.0 Å². The topological polar surface area (TPSA) is 75.2 Å². The number of nitrogens with one attached hydrogen (secondary N) is 1. The molecule has 0 fully saturated rings. The lowest BCUT2D eigenvalue weighted by molar-refractivity contribution is -0.139. The van der Waals surface area contributed by atoms with Crippen LogP contribution in [0.5, 0.6) is 5.75 Å². The van der Waals surface area contributed by atoms with Gasteiger partial charge in [-0.25, -0.2) is 0 Å². The number of hydrogen-bond acceptors (Lipinski definition) is 3. The highest BCUT2D eigenvalue weighted by molar-refractivity contribution is 5.87. The van der Waals surface area contributed by atoms with Gasteiger partial charge in [0.1, 0.15) is 12.4 Å². The minimum absolute atomic E-state index is 0.0180. The number of H-pyrrole nitrogens is 1. The second-order valence-corrected chi connectivity index (χ2v) is 8.07. The summed E-state index contributed by atoms with van der Waals surface area (Å²) in [5.74, 6) is -0.746. The van der Waals surface area contributed by atoms with Crippen LogP contribution in [0.3, 0.4) is 0 Å². The van der Waals surface area contributed by atoms with Crippen LogP contribution in [0.15, 0.2) is 54.7 Å². The number of aromatic amines is 1. The fraction of sp³-hybridized carbons (Fsp3) is 0.200. The first-order chi connectivity index (χ1) is 16.8. The Morgan fingerprint density at radius 3 is 2.31 bits per heavy atom. The molecule has 0 amide bonds. The van der Waals surface area contributed by atoms with E-state index in [0.29, 0.717) is 16.5 Å². The lowest BCUT2D eigenvalue weighted by atomic mass is 10.0. The van der Waals surface area contributed by atoms with E-state index >= 15 is 0 Å². The molecule has 0 saturated heterocycles. The number of ether oxygens (including phenoxy) is 1. The number of rotatable bonds is 6. The van der Waals surface area contributed by atoms with Crippen molar-refractivity contribution < 1.29 is 41.0 Å². The number of aromatic nitrogens is 2. The summed E-state index contributed by atoms with van der Waals surface area (Å²) in [6, 6.07) is 9.20. The lowest BCUT2D eigenvalue weighted by Gasteiger charge is -2.18. The molecule has 2 aromatic heterocycles. The van der Waals surface area contributed by atoms with Gasteiger partial charge in [-0.2, -0.15) is 26.3 Å². The zero-order valence-corrected chi connectivity index (χ0v) is 18.6. The predicted octanol–water partition coefficient (Wildman–Crippen LogP) is 6.78. The summed E-state index contributed by atoms with van der Waals surface area (Å²) < 4.78 is 85.8. The minimum atomic E-state index is -4.76. The van der Waals surface area contributed by atoms with E-state index in [4.69, 9.17) is 9.84 Å². The zero-order valence-electron chi connectivity index (χ0n) is 18.6. The molecule has 36 heavy (non-hydrogen) atoms. The number of halogens is 6. The van der Waals surface area contributed by atoms with Gasteiger partial charge >= 0.3 is 18.3 Å². The SMILES string of the molecule is Cc1nc(-c2ccc(C(F)(F)F)cc2)cc(C(F)(F)F)c1COc1ccc2c(CC(=O)O)c[nH]c2c1. The highest BCUT2D eigenvalue weighted by Crippen LogP contribution is 2.37. The summed E-state index contributed by atoms with van der Waals surface area (Å²) in [7, 11) is 0. The first kappa shape index (κ1) is 25.1. The van der Waals surface area contributed by atoms with Crippen LogP contribution in [0.2, 0.25) is 0 Å². The van der Waals surface area contributed by atoms with Gasteiger partial charge in [0.2, 0.25) is 0 Å². The standard InChI is InChI=1S/C25H18F6N2O3/c1-13-19(12-36-17-6-7-18-15(8-23(34)35)11-32-22(18)9-17)20(25(29,30)31)10-21(33-13)14-2-4-16(5-3-14)24(26,27)28/h2-7,9-11,32H,8,12H2,1H3,(H,34,35). The van der Waals surface area contributed by atoms with Gasteiger partial charge in [-0.05, 0) is 42.8 Å². The third-order valence-electron chi connectivity index (χ3n) is 5.61. The van der Waals surface area contributed by atoms with Gasteiger partial charge in [0.15, 0.2) is 0 Å². The third-order valence-corrected chi connectivity index (χ3v) is 5.61. The number of aryl methyl sites for hydroxylation is 1. The van der Waals surface area contributed by atoms with Gasteiger partial charge in [0.25, 0.3) is 0 Å². The third kappa shape index (κ3) is 5.29. The first-order valence-corrected chi connectivity index (χ1v) is 10.5. The number of hydrogen-bond donors (Lipinski definition) is 2. The predicted molar refractivity (Wildman–Crippen MR) is 118 cm³/mol. The molecular formula is C25H18F6N2O3. The largest absolute Gasteiger partial charge is 0.489 e. The van der Waals surface area contributed by atoms with Crippen LogP contribution in [0.25, 0.3) is 22.2 Å². The molecule has 5 nitrogen and oxygen atoms in total. The van der Waals surface area contributed by atoms with Crippen LogP contribution in [0.1, 0.15) is 27.9 Å². The molecule has 0 radical (unpaired) electrons. The van der Waals surface area contributed by atoms with E-state index < -0.39 is 36.1 Å². The molecular weight excluding hydrogens is 490 g/mol. The van der Waals surface area contributed by atoms with Gasteiger partial charge in [-0.15, -0.1) is 0 Å². The van der Waals surface area contributed by atoms with Crippen molar-refractivity contribution in [1.29, 1.82) is 0 Å². The van der Waals surface area contributed by atoms with Gasteiger partial charge in [0, 0.05) is 40.0 Å². The molecule has 0 unspecified atom stereocenters. The summed E-state index contributed by atoms with van der Waals surface area (Å²) in [4.78, 5) is 18.1. The number of carboxylic acid groups (broad SMARTS) is 1. The normalized spacial score (nSPS) is 12.2. The highest BCUT2D eigenvalue weighted by atomic mass is 19.4. The molecule has 2 heterocycles. The van der Waals surface area contributed by atoms with Gasteiger partial charge in [0.05, 0.1) is 23.2 Å². The molecule has 2 N–H and O–H groups in total. The highest BCUT2D eigenvalue weighted by Gasteiger charge is 2.35. The Morgan fingerprint density at radius 1 is 1.00 bits per heavy atom. The Labute approximate surface area is 200 Å². The van der Waals surface area contributed by atoms with Crippen molar-refractivity contribution in [1.82, 2.24) is 9.97 Å². The maximum Gasteiger partial charge on any atom is 0.416 e. The van der Waals surface area contributed by atoms with Crippen molar-refractivity contribution in [2.24, 2.45) is 0 Å². The molecule has 0 aliphatic heterocycles. The van der Waals surface area contributed by atoms with Crippen molar-refractivity contribution >= 4 is 16.9 Å². The number of pyridine rings is 1. The summed E-state index contributed by atoms with van der Waals surface area (Å²) in [6.45, 7) is 0.906. The smallest absolute Gasteiger partial charge is 0.416 e. The average molecular weight is 508 g/mol.